The van der Waals surface area contributed by atoms with Gasteiger partial charge in [0, 0.05) is 20.1 Å². The molecule has 1 aromatic carbocycles. The number of hydrogen-bond acceptors (Lipinski definition) is 2. The minimum atomic E-state index is -4.15. The molecule has 8 heteroatoms. The molecule has 0 aliphatic carbocycles. The molecule has 0 aliphatic rings. The maximum Gasteiger partial charge on any atom is 0.390 e. The van der Waals surface area contributed by atoms with Gasteiger partial charge in [0.2, 0.25) is 0 Å². The van der Waals surface area contributed by atoms with E-state index in [1.54, 1.807) is 7.11 Å². The predicted octanol–water partition coefficient (Wildman–Crippen LogP) is 3.36. The maximum atomic E-state index is 12.1. The van der Waals surface area contributed by atoms with E-state index in [4.69, 9.17) is 4.74 Å². The number of halogens is 4. The molecule has 132 valence electrons. The van der Waals surface area contributed by atoms with Gasteiger partial charge in [-0.3, -0.25) is 4.99 Å². The first-order valence-corrected chi connectivity index (χ1v) is 7.09. The highest BCUT2D eigenvalue weighted by Gasteiger charge is 2.26. The number of nitrogens with one attached hydrogen (secondary N) is 2. The fraction of sp³-hybridized carbons (Fsp3) is 0.533. The Kier molecular flexibility index (Phi) is 10.8. The summed E-state index contributed by atoms with van der Waals surface area (Å²) in [6, 6.07) is 7.79. The number of ether oxygens (including phenoxy) is 1. The Morgan fingerprint density at radius 3 is 2.52 bits per heavy atom. The summed E-state index contributed by atoms with van der Waals surface area (Å²) in [4.78, 5) is 3.89. The van der Waals surface area contributed by atoms with Gasteiger partial charge in [0.15, 0.2) is 5.96 Å². The average Bonchev–Trinajstić information content (AvgIpc) is 2.48. The summed E-state index contributed by atoms with van der Waals surface area (Å²) >= 11 is 0. The molecule has 0 unspecified atom stereocenters. The van der Waals surface area contributed by atoms with Gasteiger partial charge in [-0.2, -0.15) is 13.2 Å². The molecular formula is C15H23F3IN3O. The smallest absolute Gasteiger partial charge is 0.390 e. The van der Waals surface area contributed by atoms with Crippen LogP contribution in [0.2, 0.25) is 0 Å². The number of aryl methyl sites for hydroxylation is 1. The fourth-order valence-electron chi connectivity index (χ4n) is 1.87. The lowest BCUT2D eigenvalue weighted by Gasteiger charge is -2.13. The summed E-state index contributed by atoms with van der Waals surface area (Å²) in [7, 11) is 3.16. The third-order valence-corrected chi connectivity index (χ3v) is 2.99. The van der Waals surface area contributed by atoms with Gasteiger partial charge in [-0.15, -0.1) is 24.0 Å². The molecule has 0 aromatic heterocycles. The zero-order chi connectivity index (χ0) is 16.4. The summed E-state index contributed by atoms with van der Waals surface area (Å²) in [5, 5.41) is 5.64. The van der Waals surface area contributed by atoms with Crippen LogP contribution in [0.5, 0.6) is 5.75 Å². The molecule has 1 rings (SSSR count). The number of benzene rings is 1. The highest BCUT2D eigenvalue weighted by Crippen LogP contribution is 2.18. The molecule has 0 bridgehead atoms. The molecular weight excluding hydrogens is 422 g/mol. The first-order chi connectivity index (χ1) is 10.4. The monoisotopic (exact) mass is 445 g/mol. The van der Waals surface area contributed by atoms with E-state index in [9.17, 15) is 13.2 Å². The van der Waals surface area contributed by atoms with Crippen LogP contribution in [0.15, 0.2) is 29.3 Å². The van der Waals surface area contributed by atoms with Crippen LogP contribution in [-0.4, -0.2) is 39.4 Å². The number of nitrogens with zero attached hydrogens (tertiary/aromatic N) is 1. The first-order valence-electron chi connectivity index (χ1n) is 7.09. The summed E-state index contributed by atoms with van der Waals surface area (Å²) in [6.45, 7) is 0.446. The van der Waals surface area contributed by atoms with E-state index in [0.29, 0.717) is 12.5 Å². The van der Waals surface area contributed by atoms with Crippen LogP contribution in [0.4, 0.5) is 13.2 Å². The van der Waals surface area contributed by atoms with Gasteiger partial charge < -0.3 is 15.4 Å². The van der Waals surface area contributed by atoms with E-state index in [-0.39, 0.29) is 30.5 Å². The second-order valence-corrected chi connectivity index (χ2v) is 4.75. The van der Waals surface area contributed by atoms with E-state index in [1.807, 2.05) is 24.3 Å². The van der Waals surface area contributed by atoms with Gasteiger partial charge in [0.05, 0.1) is 13.5 Å². The average molecular weight is 445 g/mol. The number of aliphatic imine (C=N–C) groups is 1. The van der Waals surface area contributed by atoms with Crippen molar-refractivity contribution in [2.75, 3.05) is 27.2 Å². The molecule has 4 nitrogen and oxygen atoms in total. The van der Waals surface area contributed by atoms with Gasteiger partial charge in [-0.05, 0) is 30.5 Å². The van der Waals surface area contributed by atoms with Gasteiger partial charge in [-0.1, -0.05) is 12.1 Å². The normalized spacial score (nSPS) is 11.6. The Morgan fingerprint density at radius 1 is 1.22 bits per heavy atom. The van der Waals surface area contributed by atoms with Crippen molar-refractivity contribution in [3.8, 4) is 5.75 Å². The summed E-state index contributed by atoms with van der Waals surface area (Å²) in [5.41, 5.74) is 1.15. The molecule has 0 amide bonds. The molecule has 0 saturated heterocycles. The molecule has 0 heterocycles. The van der Waals surface area contributed by atoms with Gasteiger partial charge in [0.1, 0.15) is 5.75 Å². The molecule has 0 atom stereocenters. The molecule has 0 radical (unpaired) electrons. The van der Waals surface area contributed by atoms with Crippen LogP contribution >= 0.6 is 24.0 Å². The van der Waals surface area contributed by atoms with Crippen molar-refractivity contribution in [2.45, 2.75) is 25.4 Å². The fourth-order valence-corrected chi connectivity index (χ4v) is 1.87. The van der Waals surface area contributed by atoms with Crippen LogP contribution < -0.4 is 15.4 Å². The highest BCUT2D eigenvalue weighted by molar-refractivity contribution is 14.0. The Morgan fingerprint density at radius 2 is 1.91 bits per heavy atom. The highest BCUT2D eigenvalue weighted by atomic mass is 127. The lowest BCUT2D eigenvalue weighted by Crippen LogP contribution is -2.39. The van der Waals surface area contributed by atoms with E-state index >= 15 is 0 Å². The third kappa shape index (κ3) is 10.2. The zero-order valence-corrected chi connectivity index (χ0v) is 15.6. The van der Waals surface area contributed by atoms with Gasteiger partial charge in [0.25, 0.3) is 0 Å². The molecule has 0 aliphatic heterocycles. The molecule has 1 aromatic rings. The standard InChI is InChI=1S/C15H22F3N3O.HI/c1-19-14(21-10-8-15(16,17)18)20-9-4-6-12-5-3-7-13(11-12)22-2;/h3,5,7,11H,4,6,8-10H2,1-2H3,(H2,19,20,21);1H. The van der Waals surface area contributed by atoms with Crippen LogP contribution in [0.3, 0.4) is 0 Å². The first kappa shape index (κ1) is 21.8. The van der Waals surface area contributed by atoms with E-state index < -0.39 is 12.6 Å². The largest absolute Gasteiger partial charge is 0.497 e. The number of rotatable bonds is 7. The van der Waals surface area contributed by atoms with Crippen LogP contribution in [0, 0.1) is 0 Å². The molecule has 0 spiro atoms. The van der Waals surface area contributed by atoms with Crippen LogP contribution in [-0.2, 0) is 6.42 Å². The number of hydrogen-bond donors (Lipinski definition) is 2. The molecule has 23 heavy (non-hydrogen) atoms. The molecule has 2 N–H and O–H groups in total. The second-order valence-electron chi connectivity index (χ2n) is 4.75. The van der Waals surface area contributed by atoms with Crippen molar-refractivity contribution in [3.05, 3.63) is 29.8 Å². The second kappa shape index (κ2) is 11.4. The van der Waals surface area contributed by atoms with Crippen molar-refractivity contribution in [1.29, 1.82) is 0 Å². The lowest BCUT2D eigenvalue weighted by molar-refractivity contribution is -0.132. The number of methoxy groups -OCH3 is 1. The van der Waals surface area contributed by atoms with E-state index in [2.05, 4.69) is 15.6 Å². The van der Waals surface area contributed by atoms with Crippen molar-refractivity contribution in [2.24, 2.45) is 4.99 Å². The maximum absolute atomic E-state index is 12.1. The SMILES string of the molecule is CN=C(NCCCc1cccc(OC)c1)NCCC(F)(F)F.I. The minimum absolute atomic E-state index is 0. The summed E-state index contributed by atoms with van der Waals surface area (Å²) in [6.07, 6.45) is -3.34. The van der Waals surface area contributed by atoms with Gasteiger partial charge in [-0.25, -0.2) is 0 Å². The molecule has 0 saturated carbocycles. The summed E-state index contributed by atoms with van der Waals surface area (Å²) in [5.74, 6) is 1.20. The van der Waals surface area contributed by atoms with E-state index in [1.165, 1.54) is 7.05 Å². The molecule has 0 fully saturated rings. The van der Waals surface area contributed by atoms with Crippen LogP contribution in [0.25, 0.3) is 0 Å². The number of alkyl halides is 3. The Labute approximate surface area is 151 Å². The van der Waals surface area contributed by atoms with Crippen molar-refractivity contribution in [3.63, 3.8) is 0 Å². The lowest BCUT2D eigenvalue weighted by atomic mass is 10.1. The van der Waals surface area contributed by atoms with Gasteiger partial charge >= 0.3 is 6.18 Å². The zero-order valence-electron chi connectivity index (χ0n) is 13.2. The minimum Gasteiger partial charge on any atom is -0.497 e. The topological polar surface area (TPSA) is 45.7 Å². The summed E-state index contributed by atoms with van der Waals surface area (Å²) < 4.78 is 41.3. The Hall–Kier alpha value is -1.19. The quantitative estimate of drug-likeness (QED) is 0.293. The third-order valence-electron chi connectivity index (χ3n) is 2.99. The van der Waals surface area contributed by atoms with Crippen molar-refractivity contribution >= 4 is 29.9 Å². The van der Waals surface area contributed by atoms with Crippen LogP contribution in [0.1, 0.15) is 18.4 Å². The number of guanidine groups is 1. The Bertz CT molecular complexity index is 481. The predicted molar refractivity (Wildman–Crippen MR) is 96.8 cm³/mol. The van der Waals surface area contributed by atoms with Crippen molar-refractivity contribution < 1.29 is 17.9 Å². The Balaban J connectivity index is 0.00000484. The van der Waals surface area contributed by atoms with Crippen molar-refractivity contribution in [1.82, 2.24) is 10.6 Å². The van der Waals surface area contributed by atoms with E-state index in [0.717, 1.165) is 24.2 Å².